The summed E-state index contributed by atoms with van der Waals surface area (Å²) in [6.07, 6.45) is -0.593. The fourth-order valence-corrected chi connectivity index (χ4v) is 1.54. The molecule has 0 spiro atoms. The van der Waals surface area contributed by atoms with Crippen LogP contribution in [0.15, 0.2) is 24.3 Å². The van der Waals surface area contributed by atoms with Gasteiger partial charge in [0.2, 0.25) is 0 Å². The zero-order valence-corrected chi connectivity index (χ0v) is 11.4. The molecule has 0 heterocycles. The number of carbonyl (C=O) groups is 1. The van der Waals surface area contributed by atoms with Gasteiger partial charge in [-0.25, -0.2) is 4.79 Å². The van der Waals surface area contributed by atoms with Gasteiger partial charge in [0.05, 0.1) is 6.61 Å². The van der Waals surface area contributed by atoms with Gasteiger partial charge in [0.1, 0.15) is 5.75 Å². The van der Waals surface area contributed by atoms with Crippen LogP contribution in [-0.2, 0) is 9.53 Å². The summed E-state index contributed by atoms with van der Waals surface area (Å²) in [4.78, 5) is 11.5. The van der Waals surface area contributed by atoms with Crippen LogP contribution < -0.4 is 10.1 Å². The zero-order valence-electron chi connectivity index (χ0n) is 11.4. The quantitative estimate of drug-likeness (QED) is 0.788. The fraction of sp³-hybridized carbons (Fsp3) is 0.500. The van der Waals surface area contributed by atoms with Gasteiger partial charge in [-0.3, -0.25) is 0 Å². The van der Waals surface area contributed by atoms with Crippen molar-refractivity contribution in [1.29, 1.82) is 0 Å². The van der Waals surface area contributed by atoms with Gasteiger partial charge >= 0.3 is 5.97 Å². The van der Waals surface area contributed by atoms with Crippen LogP contribution in [0.5, 0.6) is 5.75 Å². The van der Waals surface area contributed by atoms with E-state index in [4.69, 9.17) is 9.47 Å². The fourth-order valence-electron chi connectivity index (χ4n) is 1.54. The second-order valence-electron chi connectivity index (χ2n) is 4.09. The van der Waals surface area contributed by atoms with Crippen LogP contribution in [0.25, 0.3) is 0 Å². The molecule has 0 aliphatic carbocycles. The Labute approximate surface area is 108 Å². The Morgan fingerprint density at radius 3 is 2.72 bits per heavy atom. The molecule has 0 bridgehead atoms. The predicted octanol–water partition coefficient (Wildman–Crippen LogP) is 2.30. The van der Waals surface area contributed by atoms with E-state index in [9.17, 15) is 4.79 Å². The number of esters is 1. The summed E-state index contributed by atoms with van der Waals surface area (Å²) in [5, 5.41) is 3.16. The first-order chi connectivity index (χ1) is 8.58. The Kier molecular flexibility index (Phi) is 5.65. The standard InChI is InChI=1S/C14H21NO3/c1-5-17-14(16)11(3)18-13-8-6-7-12(9-13)10(2)15-4/h6-11,15H,5H2,1-4H3. The van der Waals surface area contributed by atoms with Crippen LogP contribution in [-0.4, -0.2) is 25.7 Å². The van der Waals surface area contributed by atoms with E-state index < -0.39 is 6.10 Å². The lowest BCUT2D eigenvalue weighted by molar-refractivity contribution is -0.150. The molecule has 0 saturated heterocycles. The highest BCUT2D eigenvalue weighted by molar-refractivity contribution is 5.74. The minimum Gasteiger partial charge on any atom is -0.479 e. The van der Waals surface area contributed by atoms with Crippen molar-refractivity contribution in [3.63, 3.8) is 0 Å². The van der Waals surface area contributed by atoms with E-state index in [0.29, 0.717) is 12.4 Å². The molecule has 0 aliphatic rings. The maximum Gasteiger partial charge on any atom is 0.347 e. The number of rotatable bonds is 6. The van der Waals surface area contributed by atoms with E-state index in [1.54, 1.807) is 13.8 Å². The normalized spacial score (nSPS) is 13.8. The second-order valence-corrected chi connectivity index (χ2v) is 4.09. The third-order valence-electron chi connectivity index (χ3n) is 2.72. The molecule has 100 valence electrons. The lowest BCUT2D eigenvalue weighted by atomic mass is 10.1. The van der Waals surface area contributed by atoms with Gasteiger partial charge in [-0.15, -0.1) is 0 Å². The van der Waals surface area contributed by atoms with Gasteiger partial charge in [-0.1, -0.05) is 12.1 Å². The Balaban J connectivity index is 2.70. The third kappa shape index (κ3) is 4.04. The van der Waals surface area contributed by atoms with Crippen LogP contribution in [0, 0.1) is 0 Å². The smallest absolute Gasteiger partial charge is 0.347 e. The summed E-state index contributed by atoms with van der Waals surface area (Å²) in [6.45, 7) is 5.89. The molecule has 1 aromatic rings. The summed E-state index contributed by atoms with van der Waals surface area (Å²) < 4.78 is 10.5. The topological polar surface area (TPSA) is 47.6 Å². The molecule has 4 heteroatoms. The van der Waals surface area contributed by atoms with Gasteiger partial charge in [-0.05, 0) is 45.5 Å². The summed E-state index contributed by atoms with van der Waals surface area (Å²) in [6, 6.07) is 7.93. The monoisotopic (exact) mass is 251 g/mol. The van der Waals surface area contributed by atoms with E-state index in [0.717, 1.165) is 5.56 Å². The highest BCUT2D eigenvalue weighted by Crippen LogP contribution is 2.19. The molecule has 18 heavy (non-hydrogen) atoms. The minimum atomic E-state index is -0.593. The predicted molar refractivity (Wildman–Crippen MR) is 70.6 cm³/mol. The van der Waals surface area contributed by atoms with Crippen LogP contribution in [0.3, 0.4) is 0 Å². The lowest BCUT2D eigenvalue weighted by Gasteiger charge is -2.16. The summed E-state index contributed by atoms with van der Waals surface area (Å²) in [7, 11) is 1.90. The highest BCUT2D eigenvalue weighted by Gasteiger charge is 2.16. The average Bonchev–Trinajstić information content (AvgIpc) is 2.38. The Hall–Kier alpha value is -1.55. The molecule has 1 N–H and O–H groups in total. The van der Waals surface area contributed by atoms with Crippen LogP contribution in [0.1, 0.15) is 32.4 Å². The molecule has 2 unspecified atom stereocenters. The number of ether oxygens (including phenoxy) is 2. The van der Waals surface area contributed by atoms with Crippen molar-refractivity contribution in [2.24, 2.45) is 0 Å². The van der Waals surface area contributed by atoms with Crippen molar-refractivity contribution < 1.29 is 14.3 Å². The van der Waals surface area contributed by atoms with Crippen molar-refractivity contribution in [3.8, 4) is 5.75 Å². The molecule has 1 aromatic carbocycles. The number of benzene rings is 1. The number of nitrogens with one attached hydrogen (secondary N) is 1. The molecular weight excluding hydrogens is 230 g/mol. The first-order valence-corrected chi connectivity index (χ1v) is 6.19. The molecule has 0 aliphatic heterocycles. The lowest BCUT2D eigenvalue weighted by Crippen LogP contribution is -2.26. The molecule has 2 atom stereocenters. The molecule has 0 saturated carbocycles. The van der Waals surface area contributed by atoms with Crippen molar-refractivity contribution in [2.45, 2.75) is 32.9 Å². The maximum atomic E-state index is 11.5. The molecule has 0 radical (unpaired) electrons. The van der Waals surface area contributed by atoms with Gasteiger partial charge in [0.25, 0.3) is 0 Å². The van der Waals surface area contributed by atoms with Crippen LogP contribution in [0.2, 0.25) is 0 Å². The van der Waals surface area contributed by atoms with Crippen molar-refractivity contribution in [3.05, 3.63) is 29.8 Å². The first kappa shape index (κ1) is 14.5. The van der Waals surface area contributed by atoms with E-state index in [2.05, 4.69) is 12.2 Å². The van der Waals surface area contributed by atoms with Gasteiger partial charge < -0.3 is 14.8 Å². The van der Waals surface area contributed by atoms with E-state index in [-0.39, 0.29) is 12.0 Å². The largest absolute Gasteiger partial charge is 0.479 e. The number of hydrogen-bond donors (Lipinski definition) is 1. The van der Waals surface area contributed by atoms with Gasteiger partial charge in [0, 0.05) is 6.04 Å². The summed E-state index contributed by atoms with van der Waals surface area (Å²) >= 11 is 0. The van der Waals surface area contributed by atoms with Crippen molar-refractivity contribution in [1.82, 2.24) is 5.32 Å². The average molecular weight is 251 g/mol. The van der Waals surface area contributed by atoms with E-state index in [1.807, 2.05) is 31.3 Å². The zero-order chi connectivity index (χ0) is 13.5. The van der Waals surface area contributed by atoms with E-state index >= 15 is 0 Å². The van der Waals surface area contributed by atoms with Crippen molar-refractivity contribution >= 4 is 5.97 Å². The van der Waals surface area contributed by atoms with Crippen LogP contribution >= 0.6 is 0 Å². The molecule has 0 fully saturated rings. The number of hydrogen-bond acceptors (Lipinski definition) is 4. The second kappa shape index (κ2) is 7.01. The Morgan fingerprint density at radius 1 is 1.39 bits per heavy atom. The highest BCUT2D eigenvalue weighted by atomic mass is 16.6. The third-order valence-corrected chi connectivity index (χ3v) is 2.72. The molecule has 0 amide bonds. The van der Waals surface area contributed by atoms with Crippen molar-refractivity contribution in [2.75, 3.05) is 13.7 Å². The molecule has 0 aromatic heterocycles. The van der Waals surface area contributed by atoms with Crippen LogP contribution in [0.4, 0.5) is 0 Å². The molecule has 1 rings (SSSR count). The first-order valence-electron chi connectivity index (χ1n) is 6.19. The summed E-state index contributed by atoms with van der Waals surface area (Å²) in [5.74, 6) is 0.333. The number of carbonyl (C=O) groups excluding carboxylic acids is 1. The van der Waals surface area contributed by atoms with E-state index in [1.165, 1.54) is 0 Å². The molecule has 4 nitrogen and oxygen atoms in total. The van der Waals surface area contributed by atoms with Gasteiger partial charge in [-0.2, -0.15) is 0 Å². The minimum absolute atomic E-state index is 0.242. The maximum absolute atomic E-state index is 11.5. The summed E-state index contributed by atoms with van der Waals surface area (Å²) in [5.41, 5.74) is 1.12. The SMILES string of the molecule is CCOC(=O)C(C)Oc1cccc(C(C)NC)c1. The Bertz CT molecular complexity index is 392. The van der Waals surface area contributed by atoms with Gasteiger partial charge in [0.15, 0.2) is 6.10 Å². The molecular formula is C14H21NO3. The Morgan fingerprint density at radius 2 is 2.11 bits per heavy atom.